The molecule has 0 amide bonds. The number of ether oxygens (including phenoxy) is 2. The molecule has 4 aromatic rings. The molecule has 1 heterocycles. The molecular weight excluding hydrogens is 428 g/mol. The third kappa shape index (κ3) is 5.74. The SMILES string of the molecule is COc1ccc(OCCCSc2nc(-c3ccccc3)cc(-c3ccccc3)c2C#N)cc1. The smallest absolute Gasteiger partial charge is 0.119 e. The lowest BCUT2D eigenvalue weighted by Gasteiger charge is -2.13. The monoisotopic (exact) mass is 452 g/mol. The molecule has 0 aliphatic carbocycles. The zero-order chi connectivity index (χ0) is 22.9. The molecule has 0 bridgehead atoms. The van der Waals surface area contributed by atoms with Crippen molar-refractivity contribution >= 4 is 11.8 Å². The van der Waals surface area contributed by atoms with Crippen LogP contribution in [0.15, 0.2) is 96.0 Å². The van der Waals surface area contributed by atoms with Gasteiger partial charge in [0.05, 0.1) is 25.0 Å². The minimum atomic E-state index is 0.588. The summed E-state index contributed by atoms with van der Waals surface area (Å²) < 4.78 is 11.0. The normalized spacial score (nSPS) is 10.4. The van der Waals surface area contributed by atoms with Gasteiger partial charge in [-0.2, -0.15) is 5.26 Å². The van der Waals surface area contributed by atoms with Crippen molar-refractivity contribution in [2.45, 2.75) is 11.4 Å². The molecule has 0 N–H and O–H groups in total. The molecule has 5 heteroatoms. The van der Waals surface area contributed by atoms with E-state index in [0.717, 1.165) is 51.1 Å². The summed E-state index contributed by atoms with van der Waals surface area (Å²) in [5.74, 6) is 2.42. The number of benzene rings is 3. The van der Waals surface area contributed by atoms with Crippen LogP contribution in [-0.4, -0.2) is 24.5 Å². The molecule has 0 saturated heterocycles. The maximum atomic E-state index is 9.98. The first-order valence-electron chi connectivity index (χ1n) is 10.7. The summed E-state index contributed by atoms with van der Waals surface area (Å²) in [4.78, 5) is 4.86. The molecule has 0 fully saturated rings. The highest BCUT2D eigenvalue weighted by Gasteiger charge is 2.15. The molecular formula is C28H24N2O2S. The number of methoxy groups -OCH3 is 1. The second kappa shape index (κ2) is 11.2. The van der Waals surface area contributed by atoms with Crippen LogP contribution in [0.3, 0.4) is 0 Å². The molecule has 0 aliphatic heterocycles. The summed E-state index contributed by atoms with van der Waals surface area (Å²) in [5.41, 5.74) is 4.43. The molecule has 0 atom stereocenters. The molecule has 4 nitrogen and oxygen atoms in total. The predicted molar refractivity (Wildman–Crippen MR) is 134 cm³/mol. The highest BCUT2D eigenvalue weighted by Crippen LogP contribution is 2.34. The molecule has 0 radical (unpaired) electrons. The molecule has 4 rings (SSSR count). The highest BCUT2D eigenvalue weighted by atomic mass is 32.2. The summed E-state index contributed by atoms with van der Waals surface area (Å²) in [6, 6.07) is 32.1. The Kier molecular flexibility index (Phi) is 7.63. The van der Waals surface area contributed by atoms with Crippen LogP contribution < -0.4 is 9.47 Å². The van der Waals surface area contributed by atoms with Crippen molar-refractivity contribution < 1.29 is 9.47 Å². The van der Waals surface area contributed by atoms with Crippen molar-refractivity contribution in [3.05, 3.63) is 96.6 Å². The first-order valence-corrected chi connectivity index (χ1v) is 11.7. The van der Waals surface area contributed by atoms with Crippen LogP contribution in [0.2, 0.25) is 0 Å². The molecule has 1 aromatic heterocycles. The van der Waals surface area contributed by atoms with Crippen molar-refractivity contribution in [3.8, 4) is 40.0 Å². The Bertz CT molecular complexity index is 1220. The van der Waals surface area contributed by atoms with E-state index in [1.54, 1.807) is 18.9 Å². The fraction of sp³-hybridized carbons (Fsp3) is 0.143. The Balaban J connectivity index is 1.51. The summed E-state index contributed by atoms with van der Waals surface area (Å²) in [6.45, 7) is 0.588. The number of nitriles is 1. The minimum absolute atomic E-state index is 0.588. The first-order chi connectivity index (χ1) is 16.3. The lowest BCUT2D eigenvalue weighted by atomic mass is 9.99. The van der Waals surface area contributed by atoms with Gasteiger partial charge in [-0.15, -0.1) is 11.8 Å². The number of hydrogen-bond donors (Lipinski definition) is 0. The second-order valence-electron chi connectivity index (χ2n) is 7.31. The van der Waals surface area contributed by atoms with Crippen LogP contribution >= 0.6 is 11.8 Å². The maximum absolute atomic E-state index is 9.98. The van der Waals surface area contributed by atoms with Crippen LogP contribution in [-0.2, 0) is 0 Å². The van der Waals surface area contributed by atoms with E-state index in [1.807, 2.05) is 91.0 Å². The molecule has 0 spiro atoms. The molecule has 0 unspecified atom stereocenters. The van der Waals surface area contributed by atoms with Gasteiger partial charge in [0.2, 0.25) is 0 Å². The fourth-order valence-electron chi connectivity index (χ4n) is 3.43. The van der Waals surface area contributed by atoms with Crippen LogP contribution in [0, 0.1) is 11.3 Å². The zero-order valence-electron chi connectivity index (χ0n) is 18.4. The van der Waals surface area contributed by atoms with Crippen molar-refractivity contribution in [2.75, 3.05) is 19.5 Å². The second-order valence-corrected chi connectivity index (χ2v) is 8.39. The Morgan fingerprint density at radius 1 is 0.848 bits per heavy atom. The van der Waals surface area contributed by atoms with Gasteiger partial charge in [0.1, 0.15) is 22.6 Å². The van der Waals surface area contributed by atoms with E-state index >= 15 is 0 Å². The first kappa shape index (κ1) is 22.4. The van der Waals surface area contributed by atoms with E-state index in [0.29, 0.717) is 12.2 Å². The Labute approximate surface area is 198 Å². The van der Waals surface area contributed by atoms with Crippen LogP contribution in [0.4, 0.5) is 0 Å². The number of hydrogen-bond acceptors (Lipinski definition) is 5. The number of rotatable bonds is 9. The molecule has 0 saturated carbocycles. The van der Waals surface area contributed by atoms with Gasteiger partial charge in [-0.1, -0.05) is 60.7 Å². The molecule has 164 valence electrons. The minimum Gasteiger partial charge on any atom is -0.497 e. The van der Waals surface area contributed by atoms with Crippen LogP contribution in [0.5, 0.6) is 11.5 Å². The Morgan fingerprint density at radius 2 is 1.48 bits per heavy atom. The highest BCUT2D eigenvalue weighted by molar-refractivity contribution is 7.99. The summed E-state index contributed by atoms with van der Waals surface area (Å²) >= 11 is 1.60. The van der Waals surface area contributed by atoms with Gasteiger partial charge in [-0.3, -0.25) is 0 Å². The van der Waals surface area contributed by atoms with Crippen LogP contribution in [0.1, 0.15) is 12.0 Å². The van der Waals surface area contributed by atoms with Gasteiger partial charge >= 0.3 is 0 Å². The maximum Gasteiger partial charge on any atom is 0.119 e. The van der Waals surface area contributed by atoms with Gasteiger partial charge in [-0.05, 0) is 42.3 Å². The average Bonchev–Trinajstić information content (AvgIpc) is 2.89. The Hall–Kier alpha value is -3.75. The number of thioether (sulfide) groups is 1. The van der Waals surface area contributed by atoms with Crippen molar-refractivity contribution in [3.63, 3.8) is 0 Å². The van der Waals surface area contributed by atoms with E-state index in [-0.39, 0.29) is 0 Å². The van der Waals surface area contributed by atoms with Gasteiger partial charge in [0.25, 0.3) is 0 Å². The van der Waals surface area contributed by atoms with E-state index < -0.39 is 0 Å². The number of nitrogens with zero attached hydrogens (tertiary/aromatic N) is 2. The topological polar surface area (TPSA) is 55.1 Å². The third-order valence-electron chi connectivity index (χ3n) is 5.11. The van der Waals surface area contributed by atoms with E-state index in [9.17, 15) is 5.26 Å². The van der Waals surface area contributed by atoms with Gasteiger partial charge in [0.15, 0.2) is 0 Å². The van der Waals surface area contributed by atoms with E-state index in [2.05, 4.69) is 6.07 Å². The molecule has 0 aliphatic rings. The van der Waals surface area contributed by atoms with Gasteiger partial charge in [-0.25, -0.2) is 4.98 Å². The summed E-state index contributed by atoms with van der Waals surface area (Å²) in [6.07, 6.45) is 0.833. The largest absolute Gasteiger partial charge is 0.497 e. The van der Waals surface area contributed by atoms with E-state index in [4.69, 9.17) is 14.5 Å². The lowest BCUT2D eigenvalue weighted by Crippen LogP contribution is -2.00. The van der Waals surface area contributed by atoms with Gasteiger partial charge < -0.3 is 9.47 Å². The standard InChI is InChI=1S/C28H24N2O2S/c1-31-23-13-15-24(16-14-23)32-17-8-18-33-28-26(20-29)25(21-9-4-2-5-10-21)19-27(30-28)22-11-6-3-7-12-22/h2-7,9-16,19H,8,17-18H2,1H3. The molecule has 3 aromatic carbocycles. The zero-order valence-corrected chi connectivity index (χ0v) is 19.2. The average molecular weight is 453 g/mol. The van der Waals surface area contributed by atoms with E-state index in [1.165, 1.54) is 0 Å². The van der Waals surface area contributed by atoms with Crippen LogP contribution in [0.25, 0.3) is 22.4 Å². The lowest BCUT2D eigenvalue weighted by molar-refractivity contribution is 0.318. The molecule has 33 heavy (non-hydrogen) atoms. The Morgan fingerprint density at radius 3 is 2.12 bits per heavy atom. The van der Waals surface area contributed by atoms with Crippen molar-refractivity contribution in [1.82, 2.24) is 4.98 Å². The predicted octanol–water partition coefficient (Wildman–Crippen LogP) is 6.86. The quantitative estimate of drug-likeness (QED) is 0.205. The fourth-order valence-corrected chi connectivity index (χ4v) is 4.34. The third-order valence-corrected chi connectivity index (χ3v) is 6.17. The summed E-state index contributed by atoms with van der Waals surface area (Å²) in [5, 5.41) is 10.7. The van der Waals surface area contributed by atoms with Gasteiger partial charge in [0, 0.05) is 16.9 Å². The van der Waals surface area contributed by atoms with Crippen molar-refractivity contribution in [1.29, 1.82) is 5.26 Å². The summed E-state index contributed by atoms with van der Waals surface area (Å²) in [7, 11) is 1.65. The number of aromatic nitrogens is 1. The van der Waals surface area contributed by atoms with Crippen molar-refractivity contribution in [2.24, 2.45) is 0 Å². The number of pyridine rings is 1.